The highest BCUT2D eigenvalue weighted by atomic mass is 32.2. The maximum atomic E-state index is 11.9. The van der Waals surface area contributed by atoms with Crippen LogP contribution in [-0.4, -0.2) is 22.9 Å². The molecule has 0 bridgehead atoms. The molecule has 0 spiro atoms. The van der Waals surface area contributed by atoms with E-state index in [1.165, 1.54) is 11.8 Å². The summed E-state index contributed by atoms with van der Waals surface area (Å²) in [6.45, 7) is 6.02. The molecular formula is C15H22O3S. The van der Waals surface area contributed by atoms with Gasteiger partial charge in [0.25, 0.3) is 0 Å². The van der Waals surface area contributed by atoms with Gasteiger partial charge in [0.05, 0.1) is 12.7 Å². The van der Waals surface area contributed by atoms with Gasteiger partial charge in [-0.25, -0.2) is 0 Å². The van der Waals surface area contributed by atoms with Gasteiger partial charge >= 0.3 is 5.97 Å². The zero-order valence-corrected chi connectivity index (χ0v) is 12.6. The first-order chi connectivity index (χ1) is 9.08. The lowest BCUT2D eigenvalue weighted by Gasteiger charge is -2.15. The van der Waals surface area contributed by atoms with Gasteiger partial charge in [-0.1, -0.05) is 25.5 Å². The number of aliphatic hydroxyl groups is 1. The molecule has 3 nitrogen and oxygen atoms in total. The van der Waals surface area contributed by atoms with Gasteiger partial charge < -0.3 is 9.84 Å². The Labute approximate surface area is 119 Å². The molecule has 0 radical (unpaired) electrons. The Balaban J connectivity index is 2.78. The van der Waals surface area contributed by atoms with Crippen molar-refractivity contribution in [3.05, 3.63) is 29.8 Å². The second-order valence-corrected chi connectivity index (χ2v) is 5.67. The SMILES string of the molecule is CCCC(Sc1cccc(C(C)O)c1)C(=O)OCC. The molecule has 2 unspecified atom stereocenters. The van der Waals surface area contributed by atoms with Crippen LogP contribution in [0.25, 0.3) is 0 Å². The number of ether oxygens (including phenoxy) is 1. The van der Waals surface area contributed by atoms with Gasteiger partial charge in [0.1, 0.15) is 5.25 Å². The topological polar surface area (TPSA) is 46.5 Å². The Bertz CT molecular complexity index is 404. The van der Waals surface area contributed by atoms with Crippen LogP contribution in [0.1, 0.15) is 45.3 Å². The third kappa shape index (κ3) is 5.25. The van der Waals surface area contributed by atoms with Gasteiger partial charge in [0.2, 0.25) is 0 Å². The number of hydrogen-bond donors (Lipinski definition) is 1. The number of esters is 1. The van der Waals surface area contributed by atoms with Crippen molar-refractivity contribution in [1.29, 1.82) is 0 Å². The molecule has 1 aromatic carbocycles. The van der Waals surface area contributed by atoms with Crippen molar-refractivity contribution in [2.45, 2.75) is 49.9 Å². The van der Waals surface area contributed by atoms with Crippen molar-refractivity contribution in [3.63, 3.8) is 0 Å². The van der Waals surface area contributed by atoms with Crippen molar-refractivity contribution in [2.24, 2.45) is 0 Å². The summed E-state index contributed by atoms with van der Waals surface area (Å²) < 4.78 is 5.10. The molecular weight excluding hydrogens is 260 g/mol. The van der Waals surface area contributed by atoms with Crippen LogP contribution in [0.2, 0.25) is 0 Å². The van der Waals surface area contributed by atoms with E-state index < -0.39 is 6.10 Å². The van der Waals surface area contributed by atoms with Crippen LogP contribution >= 0.6 is 11.8 Å². The van der Waals surface area contributed by atoms with Gasteiger partial charge in [-0.2, -0.15) is 0 Å². The van der Waals surface area contributed by atoms with Gasteiger partial charge in [-0.3, -0.25) is 4.79 Å². The van der Waals surface area contributed by atoms with E-state index in [2.05, 4.69) is 6.92 Å². The van der Waals surface area contributed by atoms with E-state index in [4.69, 9.17) is 4.74 Å². The summed E-state index contributed by atoms with van der Waals surface area (Å²) in [4.78, 5) is 12.9. The Kier molecular flexibility index (Phi) is 6.95. The second-order valence-electron chi connectivity index (χ2n) is 4.40. The van der Waals surface area contributed by atoms with Gasteiger partial charge in [-0.05, 0) is 38.0 Å². The number of hydrogen-bond acceptors (Lipinski definition) is 4. The lowest BCUT2D eigenvalue weighted by Crippen LogP contribution is -2.20. The third-order valence-electron chi connectivity index (χ3n) is 2.72. The molecule has 1 N–H and O–H groups in total. The summed E-state index contributed by atoms with van der Waals surface area (Å²) in [5.41, 5.74) is 0.865. The maximum absolute atomic E-state index is 11.9. The second kappa shape index (κ2) is 8.23. The predicted octanol–water partition coefficient (Wildman–Crippen LogP) is 3.56. The fourth-order valence-corrected chi connectivity index (χ4v) is 2.94. The zero-order valence-electron chi connectivity index (χ0n) is 11.8. The van der Waals surface area contributed by atoms with Crippen LogP contribution in [0.15, 0.2) is 29.2 Å². The average molecular weight is 282 g/mol. The minimum atomic E-state index is -0.493. The van der Waals surface area contributed by atoms with Crippen molar-refractivity contribution >= 4 is 17.7 Å². The highest BCUT2D eigenvalue weighted by Gasteiger charge is 2.20. The predicted molar refractivity (Wildman–Crippen MR) is 78.3 cm³/mol. The highest BCUT2D eigenvalue weighted by molar-refractivity contribution is 8.00. The summed E-state index contributed by atoms with van der Waals surface area (Å²) in [7, 11) is 0. The molecule has 0 saturated heterocycles. The van der Waals surface area contributed by atoms with Gasteiger partial charge in [0.15, 0.2) is 0 Å². The van der Waals surface area contributed by atoms with E-state index in [1.807, 2.05) is 31.2 Å². The summed E-state index contributed by atoms with van der Waals surface area (Å²) in [5, 5.41) is 9.41. The molecule has 1 aromatic rings. The summed E-state index contributed by atoms with van der Waals surface area (Å²) >= 11 is 1.51. The molecule has 0 heterocycles. The van der Waals surface area contributed by atoms with E-state index >= 15 is 0 Å². The molecule has 0 amide bonds. The first-order valence-electron chi connectivity index (χ1n) is 6.69. The molecule has 4 heteroatoms. The Hall–Kier alpha value is -1.00. The maximum Gasteiger partial charge on any atom is 0.319 e. The van der Waals surface area contributed by atoms with Crippen LogP contribution in [-0.2, 0) is 9.53 Å². The molecule has 19 heavy (non-hydrogen) atoms. The molecule has 0 saturated carbocycles. The smallest absolute Gasteiger partial charge is 0.319 e. The van der Waals surface area contributed by atoms with Gasteiger partial charge in [0, 0.05) is 4.90 Å². The highest BCUT2D eigenvalue weighted by Crippen LogP contribution is 2.29. The third-order valence-corrected chi connectivity index (χ3v) is 3.96. The summed E-state index contributed by atoms with van der Waals surface area (Å²) in [6.07, 6.45) is 1.24. The molecule has 1 rings (SSSR count). The zero-order chi connectivity index (χ0) is 14.3. The van der Waals surface area contributed by atoms with E-state index in [-0.39, 0.29) is 11.2 Å². The van der Waals surface area contributed by atoms with E-state index in [0.717, 1.165) is 23.3 Å². The van der Waals surface area contributed by atoms with Crippen LogP contribution in [0, 0.1) is 0 Å². The molecule has 0 aliphatic carbocycles. The number of carbonyl (C=O) groups excluding carboxylic acids is 1. The molecule has 106 valence electrons. The van der Waals surface area contributed by atoms with Crippen molar-refractivity contribution in [2.75, 3.05) is 6.61 Å². The van der Waals surface area contributed by atoms with Crippen LogP contribution < -0.4 is 0 Å². The average Bonchev–Trinajstić information content (AvgIpc) is 2.39. The first kappa shape index (κ1) is 16.1. The minimum Gasteiger partial charge on any atom is -0.465 e. The Morgan fingerprint density at radius 1 is 1.42 bits per heavy atom. The van der Waals surface area contributed by atoms with Crippen molar-refractivity contribution in [3.8, 4) is 0 Å². The lowest BCUT2D eigenvalue weighted by atomic mass is 10.1. The molecule has 0 fully saturated rings. The molecule has 0 aliphatic rings. The quantitative estimate of drug-likeness (QED) is 0.613. The van der Waals surface area contributed by atoms with Crippen molar-refractivity contribution < 1.29 is 14.6 Å². The monoisotopic (exact) mass is 282 g/mol. The number of carbonyl (C=O) groups is 1. The summed E-state index contributed by atoms with van der Waals surface area (Å²) in [6, 6.07) is 7.67. The standard InChI is InChI=1S/C15H22O3S/c1-4-7-14(15(17)18-5-2)19-13-9-6-8-12(10-13)11(3)16/h6,8-11,14,16H,4-5,7H2,1-3H3. The number of rotatable bonds is 7. The van der Waals surface area contributed by atoms with Crippen LogP contribution in [0.5, 0.6) is 0 Å². The molecule has 0 aliphatic heterocycles. The summed E-state index contributed by atoms with van der Waals surface area (Å²) in [5.74, 6) is -0.156. The van der Waals surface area contributed by atoms with E-state index in [9.17, 15) is 9.90 Å². The normalized spacial score (nSPS) is 13.9. The minimum absolute atomic E-state index is 0.156. The van der Waals surface area contributed by atoms with Crippen molar-refractivity contribution in [1.82, 2.24) is 0 Å². The first-order valence-corrected chi connectivity index (χ1v) is 7.57. The molecule has 0 aromatic heterocycles. The number of thioether (sulfide) groups is 1. The number of aliphatic hydroxyl groups excluding tert-OH is 1. The molecule has 2 atom stereocenters. The van der Waals surface area contributed by atoms with Crippen LogP contribution in [0.4, 0.5) is 0 Å². The van der Waals surface area contributed by atoms with E-state index in [0.29, 0.717) is 6.61 Å². The van der Waals surface area contributed by atoms with E-state index in [1.54, 1.807) is 6.92 Å². The fraction of sp³-hybridized carbons (Fsp3) is 0.533. The van der Waals surface area contributed by atoms with Crippen LogP contribution in [0.3, 0.4) is 0 Å². The Morgan fingerprint density at radius 2 is 2.16 bits per heavy atom. The fourth-order valence-electron chi connectivity index (χ4n) is 1.73. The Morgan fingerprint density at radius 3 is 2.74 bits per heavy atom. The number of benzene rings is 1. The lowest BCUT2D eigenvalue weighted by molar-refractivity contribution is -0.142. The van der Waals surface area contributed by atoms with Gasteiger partial charge in [-0.15, -0.1) is 11.8 Å². The largest absolute Gasteiger partial charge is 0.465 e.